The van der Waals surface area contributed by atoms with Crippen molar-refractivity contribution < 1.29 is 14.3 Å². The highest BCUT2D eigenvalue weighted by molar-refractivity contribution is 5.76. The van der Waals surface area contributed by atoms with Crippen LogP contribution in [-0.2, 0) is 14.3 Å². The average Bonchev–Trinajstić information content (AvgIpc) is 3.20. The summed E-state index contributed by atoms with van der Waals surface area (Å²) in [5, 5.41) is 2.99. The van der Waals surface area contributed by atoms with Crippen molar-refractivity contribution in [2.75, 3.05) is 26.7 Å². The lowest BCUT2D eigenvalue weighted by Crippen LogP contribution is -2.39. The van der Waals surface area contributed by atoms with E-state index in [-0.39, 0.29) is 17.8 Å². The summed E-state index contributed by atoms with van der Waals surface area (Å²) in [6.07, 6.45) is 4.53. The average molecular weight is 254 g/mol. The van der Waals surface area contributed by atoms with Gasteiger partial charge in [-0.3, -0.25) is 9.59 Å². The fourth-order valence-corrected chi connectivity index (χ4v) is 2.35. The number of ether oxygens (including phenoxy) is 1. The van der Waals surface area contributed by atoms with Crippen LogP contribution in [0.4, 0.5) is 0 Å². The minimum absolute atomic E-state index is 0.0477. The standard InChI is InChI=1S/C13H22N2O3/c1-18-13(17)10-4-7-15(8-5-10)9-6-12(16)14-11-2-3-11/h10-11H,2-9H2,1H3,(H,14,16). The van der Waals surface area contributed by atoms with Gasteiger partial charge < -0.3 is 15.0 Å². The van der Waals surface area contributed by atoms with E-state index in [2.05, 4.69) is 10.2 Å². The Hall–Kier alpha value is -1.10. The van der Waals surface area contributed by atoms with Gasteiger partial charge in [0.1, 0.15) is 0 Å². The summed E-state index contributed by atoms with van der Waals surface area (Å²) in [6, 6.07) is 0.447. The third-order valence-corrected chi connectivity index (χ3v) is 3.72. The molecule has 0 spiro atoms. The molecule has 0 aromatic carbocycles. The lowest BCUT2D eigenvalue weighted by Gasteiger charge is -2.30. The van der Waals surface area contributed by atoms with Crippen molar-refractivity contribution >= 4 is 11.9 Å². The minimum Gasteiger partial charge on any atom is -0.469 e. The molecule has 0 aromatic heterocycles. The molecule has 5 heteroatoms. The topological polar surface area (TPSA) is 58.6 Å². The lowest BCUT2D eigenvalue weighted by molar-refractivity contribution is -0.147. The van der Waals surface area contributed by atoms with E-state index in [0.29, 0.717) is 12.5 Å². The zero-order chi connectivity index (χ0) is 13.0. The van der Waals surface area contributed by atoms with Crippen molar-refractivity contribution in [3.8, 4) is 0 Å². The molecule has 0 bridgehead atoms. The Kier molecular flexibility index (Phi) is 4.58. The molecule has 2 fully saturated rings. The van der Waals surface area contributed by atoms with Crippen LogP contribution in [0.3, 0.4) is 0 Å². The van der Waals surface area contributed by atoms with Crippen LogP contribution in [0.15, 0.2) is 0 Å². The number of nitrogens with zero attached hydrogens (tertiary/aromatic N) is 1. The molecular weight excluding hydrogens is 232 g/mol. The molecule has 0 aromatic rings. The third-order valence-electron chi connectivity index (χ3n) is 3.72. The molecule has 2 aliphatic rings. The second-order valence-corrected chi connectivity index (χ2v) is 5.23. The Balaban J connectivity index is 1.60. The molecule has 0 unspecified atom stereocenters. The minimum atomic E-state index is -0.0962. The van der Waals surface area contributed by atoms with Crippen molar-refractivity contribution in [1.29, 1.82) is 0 Å². The molecule has 1 N–H and O–H groups in total. The molecule has 18 heavy (non-hydrogen) atoms. The van der Waals surface area contributed by atoms with Crippen molar-refractivity contribution in [2.45, 2.75) is 38.1 Å². The lowest BCUT2D eigenvalue weighted by atomic mass is 9.97. The number of amides is 1. The second kappa shape index (κ2) is 6.18. The van der Waals surface area contributed by atoms with Crippen molar-refractivity contribution in [3.63, 3.8) is 0 Å². The maximum atomic E-state index is 11.5. The summed E-state index contributed by atoms with van der Waals surface area (Å²) in [5.41, 5.74) is 0. The summed E-state index contributed by atoms with van der Waals surface area (Å²) >= 11 is 0. The van der Waals surface area contributed by atoms with Crippen LogP contribution in [0.5, 0.6) is 0 Å². The molecule has 1 aliphatic carbocycles. The molecule has 1 saturated heterocycles. The van der Waals surface area contributed by atoms with Crippen LogP contribution in [-0.4, -0.2) is 49.6 Å². The first kappa shape index (κ1) is 13.3. The monoisotopic (exact) mass is 254 g/mol. The van der Waals surface area contributed by atoms with Gasteiger partial charge in [-0.1, -0.05) is 0 Å². The molecule has 2 rings (SSSR count). The fourth-order valence-electron chi connectivity index (χ4n) is 2.35. The SMILES string of the molecule is COC(=O)C1CCN(CCC(=O)NC2CC2)CC1. The highest BCUT2D eigenvalue weighted by atomic mass is 16.5. The number of likely N-dealkylation sites (tertiary alicyclic amines) is 1. The van der Waals surface area contributed by atoms with Gasteiger partial charge >= 0.3 is 5.97 Å². The quantitative estimate of drug-likeness (QED) is 0.728. The number of esters is 1. The zero-order valence-corrected chi connectivity index (χ0v) is 11.0. The van der Waals surface area contributed by atoms with Gasteiger partial charge in [0.25, 0.3) is 0 Å². The Morgan fingerprint density at radius 2 is 1.89 bits per heavy atom. The Morgan fingerprint density at radius 1 is 1.22 bits per heavy atom. The summed E-state index contributed by atoms with van der Waals surface area (Å²) in [7, 11) is 1.44. The van der Waals surface area contributed by atoms with Gasteiger partial charge in [0, 0.05) is 19.0 Å². The van der Waals surface area contributed by atoms with Crippen LogP contribution in [0.2, 0.25) is 0 Å². The van der Waals surface area contributed by atoms with E-state index in [4.69, 9.17) is 4.74 Å². The molecule has 0 atom stereocenters. The normalized spacial score (nSPS) is 21.6. The predicted octanol–water partition coefficient (Wildman–Crippen LogP) is 0.540. The van der Waals surface area contributed by atoms with E-state index >= 15 is 0 Å². The van der Waals surface area contributed by atoms with Crippen molar-refractivity contribution in [2.24, 2.45) is 5.92 Å². The maximum Gasteiger partial charge on any atom is 0.308 e. The number of nitrogens with one attached hydrogen (secondary N) is 1. The molecule has 1 heterocycles. The second-order valence-electron chi connectivity index (χ2n) is 5.23. The summed E-state index contributed by atoms with van der Waals surface area (Å²) in [6.45, 7) is 2.57. The summed E-state index contributed by atoms with van der Waals surface area (Å²) < 4.78 is 4.75. The number of methoxy groups -OCH3 is 1. The van der Waals surface area contributed by atoms with E-state index in [1.54, 1.807) is 0 Å². The van der Waals surface area contributed by atoms with Gasteiger partial charge in [-0.2, -0.15) is 0 Å². The molecule has 0 radical (unpaired) electrons. The van der Waals surface area contributed by atoms with E-state index in [1.165, 1.54) is 7.11 Å². The van der Waals surface area contributed by atoms with Crippen LogP contribution >= 0.6 is 0 Å². The predicted molar refractivity (Wildman–Crippen MR) is 67.0 cm³/mol. The van der Waals surface area contributed by atoms with Gasteiger partial charge in [-0.05, 0) is 38.8 Å². The van der Waals surface area contributed by atoms with Gasteiger partial charge in [0.2, 0.25) is 5.91 Å². The molecule has 1 saturated carbocycles. The largest absolute Gasteiger partial charge is 0.469 e. The van der Waals surface area contributed by atoms with Gasteiger partial charge in [0.15, 0.2) is 0 Å². The van der Waals surface area contributed by atoms with E-state index in [0.717, 1.165) is 45.3 Å². The first-order valence-corrected chi connectivity index (χ1v) is 6.78. The smallest absolute Gasteiger partial charge is 0.308 e. The maximum absolute atomic E-state index is 11.5. The third kappa shape index (κ3) is 3.98. The Labute approximate surface area is 108 Å². The first-order chi connectivity index (χ1) is 8.69. The summed E-state index contributed by atoms with van der Waals surface area (Å²) in [5.74, 6) is 0.111. The van der Waals surface area contributed by atoms with Gasteiger partial charge in [0.05, 0.1) is 13.0 Å². The highest BCUT2D eigenvalue weighted by Gasteiger charge is 2.26. The number of rotatable bonds is 5. The number of hydrogen-bond donors (Lipinski definition) is 1. The van der Waals surface area contributed by atoms with Crippen LogP contribution < -0.4 is 5.32 Å². The van der Waals surface area contributed by atoms with Crippen molar-refractivity contribution in [1.82, 2.24) is 10.2 Å². The fraction of sp³-hybridized carbons (Fsp3) is 0.846. The van der Waals surface area contributed by atoms with Gasteiger partial charge in [-0.25, -0.2) is 0 Å². The highest BCUT2D eigenvalue weighted by Crippen LogP contribution is 2.20. The Morgan fingerprint density at radius 3 is 2.44 bits per heavy atom. The molecule has 5 nitrogen and oxygen atoms in total. The Bertz CT molecular complexity index is 307. The molecular formula is C13H22N2O3. The van der Waals surface area contributed by atoms with Crippen LogP contribution in [0, 0.1) is 5.92 Å². The van der Waals surface area contributed by atoms with E-state index in [1.807, 2.05) is 0 Å². The zero-order valence-electron chi connectivity index (χ0n) is 11.0. The van der Waals surface area contributed by atoms with Crippen LogP contribution in [0.1, 0.15) is 32.1 Å². The first-order valence-electron chi connectivity index (χ1n) is 6.78. The summed E-state index contributed by atoms with van der Waals surface area (Å²) in [4.78, 5) is 25.2. The molecule has 1 amide bonds. The number of carbonyl (C=O) groups is 2. The van der Waals surface area contributed by atoms with Crippen LogP contribution in [0.25, 0.3) is 0 Å². The number of carbonyl (C=O) groups excluding carboxylic acids is 2. The van der Waals surface area contributed by atoms with Crippen molar-refractivity contribution in [3.05, 3.63) is 0 Å². The number of hydrogen-bond acceptors (Lipinski definition) is 4. The van der Waals surface area contributed by atoms with E-state index in [9.17, 15) is 9.59 Å². The number of piperidine rings is 1. The molecule has 102 valence electrons. The molecule has 1 aliphatic heterocycles. The van der Waals surface area contributed by atoms with E-state index < -0.39 is 0 Å². The van der Waals surface area contributed by atoms with Gasteiger partial charge in [-0.15, -0.1) is 0 Å².